The lowest BCUT2D eigenvalue weighted by Gasteiger charge is -2.35. The molecule has 0 saturated heterocycles. The van der Waals surface area contributed by atoms with Crippen LogP contribution in [0.25, 0.3) is 0 Å². The van der Waals surface area contributed by atoms with E-state index in [1.165, 1.54) is 31.2 Å². The molecule has 0 aromatic heterocycles. The quantitative estimate of drug-likeness (QED) is 0.857. The standard InChI is InChI=1S/C15H22N2/c1-17(14-6-3-7-14)11-13-5-2-4-12-10-16-9-8-15(12)13/h2,4-5,14,16H,3,6-11H2,1H3. The number of nitrogens with zero attached hydrogens (tertiary/aromatic N) is 1. The van der Waals surface area contributed by atoms with E-state index in [0.29, 0.717) is 0 Å². The van der Waals surface area contributed by atoms with Crippen LogP contribution in [0.3, 0.4) is 0 Å². The Bertz CT molecular complexity index is 396. The van der Waals surface area contributed by atoms with E-state index >= 15 is 0 Å². The lowest BCUT2D eigenvalue weighted by molar-refractivity contribution is 0.152. The van der Waals surface area contributed by atoms with Crippen LogP contribution in [0.4, 0.5) is 0 Å². The maximum atomic E-state index is 3.45. The molecule has 2 heteroatoms. The molecule has 1 aromatic rings. The van der Waals surface area contributed by atoms with Gasteiger partial charge in [0.2, 0.25) is 0 Å². The summed E-state index contributed by atoms with van der Waals surface area (Å²) in [6.45, 7) is 3.32. The number of rotatable bonds is 3. The zero-order valence-electron chi connectivity index (χ0n) is 10.7. The second-order valence-corrected chi connectivity index (χ2v) is 5.48. The molecule has 92 valence electrons. The molecule has 3 rings (SSSR count). The highest BCUT2D eigenvalue weighted by Crippen LogP contribution is 2.26. The van der Waals surface area contributed by atoms with Gasteiger partial charge >= 0.3 is 0 Å². The highest BCUT2D eigenvalue weighted by molar-refractivity contribution is 5.37. The summed E-state index contributed by atoms with van der Waals surface area (Å²) in [6, 6.07) is 7.65. The monoisotopic (exact) mass is 230 g/mol. The Labute approximate surface area is 104 Å². The number of nitrogens with one attached hydrogen (secondary N) is 1. The van der Waals surface area contributed by atoms with E-state index in [0.717, 1.165) is 25.7 Å². The summed E-state index contributed by atoms with van der Waals surface area (Å²) >= 11 is 0. The van der Waals surface area contributed by atoms with Crippen LogP contribution in [-0.2, 0) is 19.5 Å². The average Bonchev–Trinajstić information content (AvgIpc) is 2.27. The molecular weight excluding hydrogens is 208 g/mol. The SMILES string of the molecule is CN(Cc1cccc2c1CCNC2)C1CCC1. The van der Waals surface area contributed by atoms with Gasteiger partial charge in [-0.15, -0.1) is 0 Å². The summed E-state index contributed by atoms with van der Waals surface area (Å²) in [5, 5.41) is 3.45. The molecular formula is C15H22N2. The molecule has 2 nitrogen and oxygen atoms in total. The topological polar surface area (TPSA) is 15.3 Å². The molecule has 0 unspecified atom stereocenters. The molecule has 1 aliphatic carbocycles. The maximum absolute atomic E-state index is 3.45. The van der Waals surface area contributed by atoms with Gasteiger partial charge in [-0.25, -0.2) is 0 Å². The van der Waals surface area contributed by atoms with Crippen molar-refractivity contribution < 1.29 is 0 Å². The first-order valence-electron chi connectivity index (χ1n) is 6.85. The Morgan fingerprint density at radius 2 is 2.24 bits per heavy atom. The van der Waals surface area contributed by atoms with Crippen molar-refractivity contribution in [3.63, 3.8) is 0 Å². The number of benzene rings is 1. The van der Waals surface area contributed by atoms with Crippen molar-refractivity contribution >= 4 is 0 Å². The fourth-order valence-corrected chi connectivity index (χ4v) is 2.98. The van der Waals surface area contributed by atoms with Gasteiger partial charge in [-0.05, 0) is 49.5 Å². The Hall–Kier alpha value is -0.860. The smallest absolute Gasteiger partial charge is 0.0236 e. The van der Waals surface area contributed by atoms with E-state index in [1.807, 2.05) is 0 Å². The van der Waals surface area contributed by atoms with Crippen molar-refractivity contribution in [1.29, 1.82) is 0 Å². The van der Waals surface area contributed by atoms with Crippen LogP contribution < -0.4 is 5.32 Å². The van der Waals surface area contributed by atoms with Crippen LogP contribution in [0.2, 0.25) is 0 Å². The number of fused-ring (bicyclic) bond motifs is 1. The highest BCUT2D eigenvalue weighted by Gasteiger charge is 2.23. The third-order valence-electron chi connectivity index (χ3n) is 4.36. The van der Waals surface area contributed by atoms with E-state index in [2.05, 4.69) is 35.5 Å². The van der Waals surface area contributed by atoms with Crippen molar-refractivity contribution in [1.82, 2.24) is 10.2 Å². The van der Waals surface area contributed by atoms with Crippen LogP contribution in [0.1, 0.15) is 36.0 Å². The summed E-state index contributed by atoms with van der Waals surface area (Å²) in [5.74, 6) is 0. The first-order chi connectivity index (χ1) is 8.34. The van der Waals surface area contributed by atoms with Gasteiger partial charge in [0.05, 0.1) is 0 Å². The second kappa shape index (κ2) is 4.79. The van der Waals surface area contributed by atoms with E-state index in [1.54, 1.807) is 11.1 Å². The molecule has 1 N–H and O–H groups in total. The van der Waals surface area contributed by atoms with Crippen molar-refractivity contribution in [2.45, 2.75) is 44.8 Å². The molecule has 1 aromatic carbocycles. The molecule has 1 heterocycles. The largest absolute Gasteiger partial charge is 0.312 e. The van der Waals surface area contributed by atoms with E-state index in [-0.39, 0.29) is 0 Å². The number of hydrogen-bond donors (Lipinski definition) is 1. The summed E-state index contributed by atoms with van der Waals surface area (Å²) < 4.78 is 0. The maximum Gasteiger partial charge on any atom is 0.0236 e. The molecule has 2 aliphatic rings. The minimum Gasteiger partial charge on any atom is -0.312 e. The van der Waals surface area contributed by atoms with Gasteiger partial charge in [0.1, 0.15) is 0 Å². The Kier molecular flexibility index (Phi) is 3.17. The Morgan fingerprint density at radius 1 is 1.35 bits per heavy atom. The van der Waals surface area contributed by atoms with Crippen molar-refractivity contribution in [3.05, 3.63) is 34.9 Å². The number of hydrogen-bond acceptors (Lipinski definition) is 2. The van der Waals surface area contributed by atoms with Crippen LogP contribution >= 0.6 is 0 Å². The lowest BCUT2D eigenvalue weighted by atomic mass is 9.90. The van der Waals surface area contributed by atoms with Crippen molar-refractivity contribution in [2.24, 2.45) is 0 Å². The van der Waals surface area contributed by atoms with Gasteiger partial charge in [0.25, 0.3) is 0 Å². The van der Waals surface area contributed by atoms with E-state index < -0.39 is 0 Å². The van der Waals surface area contributed by atoms with Crippen LogP contribution in [-0.4, -0.2) is 24.5 Å². The summed E-state index contributed by atoms with van der Waals surface area (Å²) in [6.07, 6.45) is 5.41. The van der Waals surface area contributed by atoms with Crippen molar-refractivity contribution in [3.8, 4) is 0 Å². The van der Waals surface area contributed by atoms with E-state index in [9.17, 15) is 0 Å². The predicted octanol–water partition coefficient (Wildman–Crippen LogP) is 2.32. The minimum absolute atomic E-state index is 0.840. The van der Waals surface area contributed by atoms with Gasteiger partial charge < -0.3 is 5.32 Å². The fourth-order valence-electron chi connectivity index (χ4n) is 2.98. The first-order valence-corrected chi connectivity index (χ1v) is 6.85. The Balaban J connectivity index is 1.77. The molecule has 0 spiro atoms. The minimum atomic E-state index is 0.840. The molecule has 0 radical (unpaired) electrons. The average molecular weight is 230 g/mol. The molecule has 17 heavy (non-hydrogen) atoms. The molecule has 0 amide bonds. The predicted molar refractivity (Wildman–Crippen MR) is 71.0 cm³/mol. The summed E-state index contributed by atoms with van der Waals surface area (Å²) in [7, 11) is 2.28. The highest BCUT2D eigenvalue weighted by atomic mass is 15.1. The van der Waals surface area contributed by atoms with Gasteiger partial charge in [-0.1, -0.05) is 24.6 Å². The molecule has 1 aliphatic heterocycles. The van der Waals surface area contributed by atoms with Gasteiger partial charge in [0.15, 0.2) is 0 Å². The van der Waals surface area contributed by atoms with Gasteiger partial charge in [-0.3, -0.25) is 4.90 Å². The van der Waals surface area contributed by atoms with Crippen LogP contribution in [0.15, 0.2) is 18.2 Å². The summed E-state index contributed by atoms with van der Waals surface area (Å²) in [5.41, 5.74) is 4.67. The molecule has 1 saturated carbocycles. The normalized spacial score (nSPS) is 20.1. The lowest BCUT2D eigenvalue weighted by Crippen LogP contribution is -2.37. The molecule has 0 atom stereocenters. The van der Waals surface area contributed by atoms with E-state index in [4.69, 9.17) is 0 Å². The molecule has 1 fully saturated rings. The van der Waals surface area contributed by atoms with Crippen LogP contribution in [0, 0.1) is 0 Å². The fraction of sp³-hybridized carbons (Fsp3) is 0.600. The molecule has 0 bridgehead atoms. The second-order valence-electron chi connectivity index (χ2n) is 5.48. The van der Waals surface area contributed by atoms with Gasteiger partial charge in [-0.2, -0.15) is 0 Å². The summed E-state index contributed by atoms with van der Waals surface area (Å²) in [4.78, 5) is 2.54. The van der Waals surface area contributed by atoms with Crippen LogP contribution in [0.5, 0.6) is 0 Å². The third-order valence-corrected chi connectivity index (χ3v) is 4.36. The Morgan fingerprint density at radius 3 is 3.00 bits per heavy atom. The van der Waals surface area contributed by atoms with Crippen molar-refractivity contribution in [2.75, 3.05) is 13.6 Å². The first kappa shape index (κ1) is 11.2. The third kappa shape index (κ3) is 2.24. The van der Waals surface area contributed by atoms with Gasteiger partial charge in [0, 0.05) is 19.1 Å². The zero-order chi connectivity index (χ0) is 11.7. The zero-order valence-corrected chi connectivity index (χ0v) is 10.7.